The van der Waals surface area contributed by atoms with Gasteiger partial charge >= 0.3 is 0 Å². The minimum Gasteiger partial charge on any atom is -0.386 e. The molecule has 1 rings (SSSR count). The van der Waals surface area contributed by atoms with Crippen LogP contribution < -0.4 is 0 Å². The van der Waals surface area contributed by atoms with Crippen LogP contribution in [0.2, 0.25) is 0 Å². The lowest BCUT2D eigenvalue weighted by molar-refractivity contribution is -0.0220. The molecule has 13 heavy (non-hydrogen) atoms. The average molecular weight is 182 g/mol. The number of allylic oxidation sites excluding steroid dienone is 1. The van der Waals surface area contributed by atoms with Gasteiger partial charge in [-0.25, -0.2) is 0 Å². The van der Waals surface area contributed by atoms with Crippen molar-refractivity contribution in [2.75, 3.05) is 0 Å². The van der Waals surface area contributed by atoms with Gasteiger partial charge in [-0.05, 0) is 38.5 Å². The minimum absolute atomic E-state index is 0.399. The third-order valence-corrected chi connectivity index (χ3v) is 3.42. The normalized spacial score (nSPS) is 40.1. The van der Waals surface area contributed by atoms with E-state index in [0.717, 1.165) is 12.8 Å². The Morgan fingerprint density at radius 2 is 2.00 bits per heavy atom. The van der Waals surface area contributed by atoms with E-state index in [2.05, 4.69) is 27.7 Å². The van der Waals surface area contributed by atoms with Gasteiger partial charge in [0.2, 0.25) is 0 Å². The van der Waals surface area contributed by atoms with E-state index in [1.807, 2.05) is 6.08 Å². The molecule has 0 aromatic heterocycles. The maximum atomic E-state index is 10.4. The quantitative estimate of drug-likeness (QED) is 0.618. The van der Waals surface area contributed by atoms with Gasteiger partial charge in [-0.1, -0.05) is 31.9 Å². The van der Waals surface area contributed by atoms with Crippen LogP contribution >= 0.6 is 0 Å². The van der Waals surface area contributed by atoms with Gasteiger partial charge in [-0.3, -0.25) is 0 Å². The van der Waals surface area contributed by atoms with E-state index in [0.29, 0.717) is 11.8 Å². The maximum absolute atomic E-state index is 10.4. The molecular formula is C12H22O. The van der Waals surface area contributed by atoms with Gasteiger partial charge < -0.3 is 5.11 Å². The fourth-order valence-electron chi connectivity index (χ4n) is 2.38. The summed E-state index contributed by atoms with van der Waals surface area (Å²) in [6.45, 7) is 8.53. The Labute approximate surface area is 81.9 Å². The number of rotatable bonds is 1. The summed E-state index contributed by atoms with van der Waals surface area (Å²) in [7, 11) is 0. The zero-order valence-electron chi connectivity index (χ0n) is 9.30. The molecule has 1 saturated carbocycles. The molecule has 0 heterocycles. The van der Waals surface area contributed by atoms with Crippen molar-refractivity contribution in [3.8, 4) is 0 Å². The Morgan fingerprint density at radius 3 is 2.54 bits per heavy atom. The summed E-state index contributed by atoms with van der Waals surface area (Å²) in [5.74, 6) is 1.05. The average Bonchev–Trinajstić information content (AvgIpc) is 1.99. The van der Waals surface area contributed by atoms with Gasteiger partial charge in [0.15, 0.2) is 0 Å². The molecule has 0 saturated heterocycles. The molecule has 76 valence electrons. The lowest BCUT2D eigenvalue weighted by Gasteiger charge is -2.40. The zero-order valence-corrected chi connectivity index (χ0v) is 9.30. The molecule has 1 N–H and O–H groups in total. The van der Waals surface area contributed by atoms with Crippen molar-refractivity contribution >= 4 is 0 Å². The van der Waals surface area contributed by atoms with E-state index in [4.69, 9.17) is 0 Å². The van der Waals surface area contributed by atoms with Gasteiger partial charge in [0, 0.05) is 0 Å². The van der Waals surface area contributed by atoms with Crippen LogP contribution in [-0.4, -0.2) is 10.7 Å². The van der Waals surface area contributed by atoms with Crippen LogP contribution in [0.4, 0.5) is 0 Å². The first kappa shape index (κ1) is 10.8. The van der Waals surface area contributed by atoms with E-state index in [9.17, 15) is 5.11 Å². The second-order valence-corrected chi connectivity index (χ2v) is 4.87. The SMILES string of the molecule is CC(C)=CC1(O)CCCC(C)C1C. The Balaban J connectivity index is 2.81. The fraction of sp³-hybridized carbons (Fsp3) is 0.833. The van der Waals surface area contributed by atoms with Crippen molar-refractivity contribution in [3.05, 3.63) is 11.6 Å². The van der Waals surface area contributed by atoms with Crippen molar-refractivity contribution < 1.29 is 5.11 Å². The van der Waals surface area contributed by atoms with Crippen molar-refractivity contribution in [2.45, 2.75) is 52.6 Å². The predicted octanol–water partition coefficient (Wildman–Crippen LogP) is 3.14. The van der Waals surface area contributed by atoms with Crippen molar-refractivity contribution in [1.29, 1.82) is 0 Å². The molecule has 0 aromatic rings. The second kappa shape index (κ2) is 3.83. The fourth-order valence-corrected chi connectivity index (χ4v) is 2.38. The standard InChI is InChI=1S/C12H22O/c1-9(2)8-12(13)7-5-6-10(3)11(12)4/h8,10-11,13H,5-7H2,1-4H3. The van der Waals surface area contributed by atoms with E-state index >= 15 is 0 Å². The highest BCUT2D eigenvalue weighted by Crippen LogP contribution is 2.38. The molecule has 0 aromatic carbocycles. The molecule has 1 nitrogen and oxygen atoms in total. The smallest absolute Gasteiger partial charge is 0.0858 e. The summed E-state index contributed by atoms with van der Waals surface area (Å²) in [5, 5.41) is 10.4. The third kappa shape index (κ3) is 2.34. The summed E-state index contributed by atoms with van der Waals surface area (Å²) in [6.07, 6.45) is 5.41. The first-order valence-corrected chi connectivity index (χ1v) is 5.34. The Kier molecular flexibility index (Phi) is 3.18. The van der Waals surface area contributed by atoms with Crippen molar-refractivity contribution in [3.63, 3.8) is 0 Å². The van der Waals surface area contributed by atoms with Crippen LogP contribution in [0.5, 0.6) is 0 Å². The molecule has 0 radical (unpaired) electrons. The highest BCUT2D eigenvalue weighted by molar-refractivity contribution is 5.10. The lowest BCUT2D eigenvalue weighted by atomic mass is 9.70. The number of hydrogen-bond acceptors (Lipinski definition) is 1. The summed E-state index contributed by atoms with van der Waals surface area (Å²) in [5.41, 5.74) is 0.694. The van der Waals surface area contributed by atoms with Crippen LogP contribution in [0.15, 0.2) is 11.6 Å². The minimum atomic E-state index is -0.531. The molecule has 1 heteroatoms. The first-order chi connectivity index (χ1) is 5.96. The lowest BCUT2D eigenvalue weighted by Crippen LogP contribution is -2.41. The van der Waals surface area contributed by atoms with Gasteiger partial charge in [-0.2, -0.15) is 0 Å². The summed E-state index contributed by atoms with van der Waals surface area (Å²) in [4.78, 5) is 0. The van der Waals surface area contributed by atoms with E-state index in [1.165, 1.54) is 12.0 Å². The summed E-state index contributed by atoms with van der Waals surface area (Å²) >= 11 is 0. The van der Waals surface area contributed by atoms with Gasteiger partial charge in [0.05, 0.1) is 5.60 Å². The Bertz CT molecular complexity index is 203. The van der Waals surface area contributed by atoms with Crippen LogP contribution in [0.3, 0.4) is 0 Å². The molecule has 0 bridgehead atoms. The van der Waals surface area contributed by atoms with E-state index < -0.39 is 5.60 Å². The van der Waals surface area contributed by atoms with Gasteiger partial charge in [0.25, 0.3) is 0 Å². The summed E-state index contributed by atoms with van der Waals surface area (Å²) in [6, 6.07) is 0. The molecule has 1 aliphatic carbocycles. The highest BCUT2D eigenvalue weighted by atomic mass is 16.3. The molecule has 0 aliphatic heterocycles. The zero-order chi connectivity index (χ0) is 10.1. The molecule has 3 unspecified atom stereocenters. The van der Waals surface area contributed by atoms with Crippen molar-refractivity contribution in [2.24, 2.45) is 11.8 Å². The maximum Gasteiger partial charge on any atom is 0.0858 e. The largest absolute Gasteiger partial charge is 0.386 e. The van der Waals surface area contributed by atoms with E-state index in [-0.39, 0.29) is 0 Å². The first-order valence-electron chi connectivity index (χ1n) is 5.34. The van der Waals surface area contributed by atoms with Gasteiger partial charge in [-0.15, -0.1) is 0 Å². The Hall–Kier alpha value is -0.300. The highest BCUT2D eigenvalue weighted by Gasteiger charge is 2.37. The van der Waals surface area contributed by atoms with E-state index in [1.54, 1.807) is 0 Å². The summed E-state index contributed by atoms with van der Waals surface area (Å²) < 4.78 is 0. The number of hydrogen-bond donors (Lipinski definition) is 1. The molecule has 3 atom stereocenters. The number of aliphatic hydroxyl groups is 1. The monoisotopic (exact) mass is 182 g/mol. The molecular weight excluding hydrogens is 160 g/mol. The topological polar surface area (TPSA) is 20.2 Å². The van der Waals surface area contributed by atoms with Crippen molar-refractivity contribution in [1.82, 2.24) is 0 Å². The van der Waals surface area contributed by atoms with Crippen LogP contribution in [0.1, 0.15) is 47.0 Å². The van der Waals surface area contributed by atoms with Gasteiger partial charge in [0.1, 0.15) is 0 Å². The third-order valence-electron chi connectivity index (χ3n) is 3.42. The molecule has 1 fully saturated rings. The van der Waals surface area contributed by atoms with Crippen LogP contribution in [-0.2, 0) is 0 Å². The van der Waals surface area contributed by atoms with Crippen LogP contribution in [0.25, 0.3) is 0 Å². The second-order valence-electron chi connectivity index (χ2n) is 4.87. The molecule has 0 spiro atoms. The molecule has 1 aliphatic rings. The van der Waals surface area contributed by atoms with Crippen LogP contribution in [0, 0.1) is 11.8 Å². The Morgan fingerprint density at radius 1 is 1.38 bits per heavy atom. The predicted molar refractivity (Wildman–Crippen MR) is 56.6 cm³/mol. The molecule has 0 amide bonds.